The van der Waals surface area contributed by atoms with Crippen molar-refractivity contribution in [2.45, 2.75) is 38.8 Å². The summed E-state index contributed by atoms with van der Waals surface area (Å²) < 4.78 is 0. The fourth-order valence-corrected chi connectivity index (χ4v) is 1.15. The van der Waals surface area contributed by atoms with E-state index in [0.717, 1.165) is 0 Å². The van der Waals surface area contributed by atoms with Gasteiger partial charge in [-0.15, -0.1) is 12.3 Å². The lowest BCUT2D eigenvalue weighted by Crippen LogP contribution is -2.51. The summed E-state index contributed by atoms with van der Waals surface area (Å²) >= 11 is 0. The van der Waals surface area contributed by atoms with Gasteiger partial charge >= 0.3 is 0 Å². The SMILES string of the molecule is C#CCC(NC(C)(C)C)C(=O)N(C)OC. The van der Waals surface area contributed by atoms with Gasteiger partial charge in [0, 0.05) is 19.0 Å². The Kier molecular flexibility index (Phi) is 5.34. The van der Waals surface area contributed by atoms with Gasteiger partial charge in [-0.05, 0) is 20.8 Å². The molecule has 0 saturated carbocycles. The van der Waals surface area contributed by atoms with Crippen molar-refractivity contribution in [2.75, 3.05) is 14.2 Å². The summed E-state index contributed by atoms with van der Waals surface area (Å²) in [4.78, 5) is 16.6. The zero-order chi connectivity index (χ0) is 12.1. The van der Waals surface area contributed by atoms with Gasteiger partial charge in [-0.25, -0.2) is 5.06 Å². The van der Waals surface area contributed by atoms with Crippen molar-refractivity contribution in [1.29, 1.82) is 0 Å². The molecule has 0 heterocycles. The minimum atomic E-state index is -0.403. The van der Waals surface area contributed by atoms with Crippen LogP contribution < -0.4 is 5.32 Å². The average Bonchev–Trinajstić information content (AvgIpc) is 2.13. The van der Waals surface area contributed by atoms with E-state index in [9.17, 15) is 4.79 Å². The molecule has 0 rings (SSSR count). The molecule has 1 unspecified atom stereocenters. The summed E-state index contributed by atoms with van der Waals surface area (Å²) in [6, 6.07) is -0.403. The van der Waals surface area contributed by atoms with Gasteiger partial charge in [0.05, 0.1) is 7.11 Å². The molecule has 0 aromatic rings. The van der Waals surface area contributed by atoms with Crippen molar-refractivity contribution in [1.82, 2.24) is 10.4 Å². The Morgan fingerprint density at radius 2 is 2.13 bits per heavy atom. The number of nitrogens with zero attached hydrogens (tertiary/aromatic N) is 1. The normalized spacial score (nSPS) is 13.1. The molecule has 1 atom stereocenters. The van der Waals surface area contributed by atoms with Crippen LogP contribution in [0.4, 0.5) is 0 Å². The molecule has 1 N–H and O–H groups in total. The number of carbonyl (C=O) groups is 1. The van der Waals surface area contributed by atoms with Gasteiger partial charge < -0.3 is 5.32 Å². The molecular weight excluding hydrogens is 192 g/mol. The Hall–Kier alpha value is -1.05. The third-order valence-electron chi connectivity index (χ3n) is 1.81. The van der Waals surface area contributed by atoms with E-state index >= 15 is 0 Å². The average molecular weight is 212 g/mol. The highest BCUT2D eigenvalue weighted by Crippen LogP contribution is 2.06. The molecule has 15 heavy (non-hydrogen) atoms. The summed E-state index contributed by atoms with van der Waals surface area (Å²) in [6.07, 6.45) is 5.58. The number of amides is 1. The molecule has 0 radical (unpaired) electrons. The first-order valence-electron chi connectivity index (χ1n) is 4.84. The summed E-state index contributed by atoms with van der Waals surface area (Å²) in [5.41, 5.74) is -0.161. The van der Waals surface area contributed by atoms with Crippen LogP contribution in [0, 0.1) is 12.3 Å². The van der Waals surface area contributed by atoms with Crippen LogP contribution in [0.2, 0.25) is 0 Å². The predicted molar refractivity (Wildman–Crippen MR) is 59.9 cm³/mol. The van der Waals surface area contributed by atoms with E-state index in [0.29, 0.717) is 6.42 Å². The van der Waals surface area contributed by atoms with Crippen LogP contribution in [0.15, 0.2) is 0 Å². The monoisotopic (exact) mass is 212 g/mol. The molecule has 4 nitrogen and oxygen atoms in total. The maximum Gasteiger partial charge on any atom is 0.263 e. The number of nitrogens with one attached hydrogen (secondary N) is 1. The van der Waals surface area contributed by atoms with E-state index < -0.39 is 6.04 Å². The fraction of sp³-hybridized carbons (Fsp3) is 0.727. The first kappa shape index (κ1) is 13.9. The molecule has 1 amide bonds. The molecule has 0 aromatic carbocycles. The molecule has 86 valence electrons. The third-order valence-corrected chi connectivity index (χ3v) is 1.81. The highest BCUT2D eigenvalue weighted by atomic mass is 16.7. The quantitative estimate of drug-likeness (QED) is 0.553. The Morgan fingerprint density at radius 3 is 2.47 bits per heavy atom. The van der Waals surface area contributed by atoms with Gasteiger partial charge in [0.15, 0.2) is 0 Å². The molecular formula is C11H20N2O2. The van der Waals surface area contributed by atoms with Gasteiger partial charge in [0.1, 0.15) is 6.04 Å². The van der Waals surface area contributed by atoms with Crippen LogP contribution in [0.1, 0.15) is 27.2 Å². The highest BCUT2D eigenvalue weighted by Gasteiger charge is 2.25. The van der Waals surface area contributed by atoms with E-state index in [4.69, 9.17) is 11.3 Å². The zero-order valence-corrected chi connectivity index (χ0v) is 10.1. The first-order valence-corrected chi connectivity index (χ1v) is 4.84. The standard InChI is InChI=1S/C11H20N2O2/c1-7-8-9(12-11(2,3)4)10(14)13(5)15-6/h1,9,12H,8H2,2-6H3. The molecule has 0 bridgehead atoms. The number of hydrogen-bond donors (Lipinski definition) is 1. The predicted octanol–water partition coefficient (Wildman–Crippen LogP) is 0.786. The van der Waals surface area contributed by atoms with Crippen molar-refractivity contribution in [2.24, 2.45) is 0 Å². The van der Waals surface area contributed by atoms with Crippen LogP contribution in [0.3, 0.4) is 0 Å². The van der Waals surface area contributed by atoms with Gasteiger partial charge in [-0.1, -0.05) is 0 Å². The molecule has 4 heteroatoms. The summed E-state index contributed by atoms with van der Waals surface area (Å²) in [5, 5.41) is 4.34. The number of likely N-dealkylation sites (N-methyl/N-ethyl adjacent to an activating group) is 1. The Bertz CT molecular complexity index is 250. The minimum absolute atomic E-state index is 0.161. The van der Waals surface area contributed by atoms with E-state index in [1.165, 1.54) is 12.2 Å². The second-order valence-electron chi connectivity index (χ2n) is 4.37. The summed E-state index contributed by atoms with van der Waals surface area (Å²) in [6.45, 7) is 5.95. The topological polar surface area (TPSA) is 41.6 Å². The number of carbonyl (C=O) groups excluding carboxylic acids is 1. The highest BCUT2D eigenvalue weighted by molar-refractivity contribution is 5.81. The molecule has 0 aromatic heterocycles. The second-order valence-corrected chi connectivity index (χ2v) is 4.37. The molecule has 0 aliphatic carbocycles. The van der Waals surface area contributed by atoms with E-state index in [1.54, 1.807) is 7.05 Å². The van der Waals surface area contributed by atoms with Crippen molar-refractivity contribution < 1.29 is 9.63 Å². The Morgan fingerprint density at radius 1 is 1.60 bits per heavy atom. The number of terminal acetylenes is 1. The smallest absolute Gasteiger partial charge is 0.263 e. The maximum absolute atomic E-state index is 11.8. The molecule has 0 fully saturated rings. The van der Waals surface area contributed by atoms with Crippen LogP contribution in [-0.2, 0) is 9.63 Å². The van der Waals surface area contributed by atoms with Crippen molar-refractivity contribution >= 4 is 5.91 Å². The minimum Gasteiger partial charge on any atom is -0.300 e. The lowest BCUT2D eigenvalue weighted by atomic mass is 10.1. The van der Waals surface area contributed by atoms with Gasteiger partial charge in [0.25, 0.3) is 5.91 Å². The van der Waals surface area contributed by atoms with Gasteiger partial charge in [0.2, 0.25) is 0 Å². The largest absolute Gasteiger partial charge is 0.300 e. The van der Waals surface area contributed by atoms with Crippen molar-refractivity contribution in [3.05, 3.63) is 0 Å². The second kappa shape index (κ2) is 5.74. The molecule has 0 aliphatic rings. The van der Waals surface area contributed by atoms with Crippen molar-refractivity contribution in [3.8, 4) is 12.3 Å². The van der Waals surface area contributed by atoms with Gasteiger partial charge in [-0.3, -0.25) is 9.63 Å². The lowest BCUT2D eigenvalue weighted by molar-refractivity contribution is -0.171. The lowest BCUT2D eigenvalue weighted by Gasteiger charge is -2.28. The number of hydroxylamine groups is 2. The summed E-state index contributed by atoms with van der Waals surface area (Å²) in [7, 11) is 3.01. The first-order chi connectivity index (χ1) is 6.81. The zero-order valence-electron chi connectivity index (χ0n) is 10.1. The van der Waals surface area contributed by atoms with Crippen LogP contribution >= 0.6 is 0 Å². The van der Waals surface area contributed by atoms with Crippen LogP contribution in [-0.4, -0.2) is 36.7 Å². The third kappa shape index (κ3) is 5.40. The Labute approximate surface area is 91.9 Å². The van der Waals surface area contributed by atoms with E-state index in [2.05, 4.69) is 11.2 Å². The van der Waals surface area contributed by atoms with Crippen LogP contribution in [0.5, 0.6) is 0 Å². The van der Waals surface area contributed by atoms with E-state index in [-0.39, 0.29) is 11.4 Å². The summed E-state index contributed by atoms with van der Waals surface area (Å²) in [5.74, 6) is 2.32. The fourth-order valence-electron chi connectivity index (χ4n) is 1.15. The number of rotatable bonds is 4. The molecule has 0 aliphatic heterocycles. The van der Waals surface area contributed by atoms with Crippen molar-refractivity contribution in [3.63, 3.8) is 0 Å². The van der Waals surface area contributed by atoms with Gasteiger partial charge in [-0.2, -0.15) is 0 Å². The maximum atomic E-state index is 11.8. The molecule has 0 saturated heterocycles. The molecule has 0 spiro atoms. The van der Waals surface area contributed by atoms with Crippen LogP contribution in [0.25, 0.3) is 0 Å². The Balaban J connectivity index is 4.53. The van der Waals surface area contributed by atoms with E-state index in [1.807, 2.05) is 20.8 Å². The number of hydrogen-bond acceptors (Lipinski definition) is 3.